The first-order valence-electron chi connectivity index (χ1n) is 8.87. The number of carbonyl (C=O) groups is 3. The molecule has 0 radical (unpaired) electrons. The van der Waals surface area contributed by atoms with E-state index in [1.165, 1.54) is 21.1 Å². The minimum Gasteiger partial charge on any atom is -0.493 e. The Balaban J connectivity index is 2.05. The van der Waals surface area contributed by atoms with Gasteiger partial charge in [0.15, 0.2) is 17.3 Å². The molecule has 1 aromatic heterocycles. The van der Waals surface area contributed by atoms with E-state index in [1.807, 2.05) is 0 Å². The Hall–Kier alpha value is -3.07. The maximum absolute atomic E-state index is 12.5. The maximum Gasteiger partial charge on any atom is 0.344 e. The quantitative estimate of drug-likeness (QED) is 0.535. The lowest BCUT2D eigenvalue weighted by atomic mass is 10.1. The van der Waals surface area contributed by atoms with Gasteiger partial charge >= 0.3 is 11.9 Å². The largest absolute Gasteiger partial charge is 0.493 e. The van der Waals surface area contributed by atoms with Crippen LogP contribution in [0.25, 0.3) is 0 Å². The average molecular weight is 419 g/mol. The van der Waals surface area contributed by atoms with Crippen LogP contribution in [0.4, 0.5) is 5.00 Å². The first-order chi connectivity index (χ1) is 13.8. The molecule has 0 fully saturated rings. The number of cyclic esters (lactones) is 1. The summed E-state index contributed by atoms with van der Waals surface area (Å²) in [5, 5.41) is 3.46. The summed E-state index contributed by atoms with van der Waals surface area (Å²) in [6.07, 6.45) is -0.858. The van der Waals surface area contributed by atoms with E-state index in [0.29, 0.717) is 26.8 Å². The summed E-state index contributed by atoms with van der Waals surface area (Å²) in [7, 11) is 2.91. The molecular weight excluding hydrogens is 398 g/mol. The van der Waals surface area contributed by atoms with Crippen molar-refractivity contribution in [1.29, 1.82) is 0 Å². The zero-order valence-corrected chi connectivity index (χ0v) is 17.5. The van der Waals surface area contributed by atoms with Crippen LogP contribution in [0.5, 0.6) is 11.5 Å². The first-order valence-corrected chi connectivity index (χ1v) is 9.69. The summed E-state index contributed by atoms with van der Waals surface area (Å²) < 4.78 is 21.2. The Bertz CT molecular complexity index is 995. The summed E-state index contributed by atoms with van der Waals surface area (Å²) in [4.78, 5) is 37.4. The van der Waals surface area contributed by atoms with Gasteiger partial charge in [0.1, 0.15) is 10.6 Å². The molecule has 3 rings (SSSR count). The molecule has 0 saturated carbocycles. The highest BCUT2D eigenvalue weighted by Crippen LogP contribution is 2.44. The first kappa shape index (κ1) is 20.7. The second-order valence-corrected chi connectivity index (χ2v) is 7.25. The van der Waals surface area contributed by atoms with Crippen LogP contribution in [0.1, 0.15) is 61.6 Å². The van der Waals surface area contributed by atoms with Crippen molar-refractivity contribution < 1.29 is 33.3 Å². The summed E-state index contributed by atoms with van der Waals surface area (Å²) in [6, 6.07) is 3.36. The fourth-order valence-electron chi connectivity index (χ4n) is 3.23. The molecule has 0 aliphatic carbocycles. The zero-order valence-electron chi connectivity index (χ0n) is 16.7. The van der Waals surface area contributed by atoms with Gasteiger partial charge in [0.25, 0.3) is 0 Å². The van der Waals surface area contributed by atoms with Crippen molar-refractivity contribution in [1.82, 2.24) is 0 Å². The number of Topliss-reactive ketones (excluding diaryl/α,β-unsaturated/α-hetero) is 1. The smallest absolute Gasteiger partial charge is 0.344 e. The number of ketones is 1. The van der Waals surface area contributed by atoms with Crippen molar-refractivity contribution in [3.05, 3.63) is 39.3 Å². The molecule has 9 heteroatoms. The highest BCUT2D eigenvalue weighted by atomic mass is 32.1. The number of fused-ring (bicyclic) bond motifs is 1. The van der Waals surface area contributed by atoms with Crippen molar-refractivity contribution in [3.8, 4) is 11.5 Å². The number of nitrogens with one attached hydrogen (secondary N) is 1. The van der Waals surface area contributed by atoms with Gasteiger partial charge in [-0.2, -0.15) is 0 Å². The molecular formula is C20H21NO7S. The predicted octanol–water partition coefficient (Wildman–Crippen LogP) is 3.73. The molecule has 8 nitrogen and oxygen atoms in total. The molecule has 2 heterocycles. The third kappa shape index (κ3) is 3.53. The van der Waals surface area contributed by atoms with E-state index < -0.39 is 18.2 Å². The molecule has 1 atom stereocenters. The van der Waals surface area contributed by atoms with Crippen molar-refractivity contribution >= 4 is 34.1 Å². The van der Waals surface area contributed by atoms with Gasteiger partial charge in [-0.3, -0.25) is 4.79 Å². The number of esters is 2. The highest BCUT2D eigenvalue weighted by molar-refractivity contribution is 7.18. The van der Waals surface area contributed by atoms with Crippen LogP contribution >= 0.6 is 11.3 Å². The number of anilines is 1. The standard InChI is InChI=1S/C20H21NO7S/c1-6-27-19(23)13-9(2)16(10(3)22)29-18(13)21-17-11-7-8-12(25-4)15(26-5)14(11)20(24)28-17/h7-8,17,21H,6H2,1-5H3/t17-/m0/s1. The molecule has 1 N–H and O–H groups in total. The molecule has 2 aromatic rings. The molecule has 1 aliphatic rings. The van der Waals surface area contributed by atoms with E-state index in [0.717, 1.165) is 11.3 Å². The molecule has 29 heavy (non-hydrogen) atoms. The fourth-order valence-corrected chi connectivity index (χ4v) is 4.33. The monoisotopic (exact) mass is 419 g/mol. The van der Waals surface area contributed by atoms with Gasteiger partial charge in [-0.25, -0.2) is 9.59 Å². The fraction of sp³-hybridized carbons (Fsp3) is 0.350. The van der Waals surface area contributed by atoms with E-state index in [9.17, 15) is 14.4 Å². The maximum atomic E-state index is 12.5. The van der Waals surface area contributed by atoms with Crippen LogP contribution in [0, 0.1) is 6.92 Å². The lowest BCUT2D eigenvalue weighted by Gasteiger charge is -2.15. The van der Waals surface area contributed by atoms with Gasteiger partial charge in [0.05, 0.1) is 31.3 Å². The van der Waals surface area contributed by atoms with Crippen molar-refractivity contribution in [2.45, 2.75) is 27.0 Å². The van der Waals surface area contributed by atoms with Crippen LogP contribution in [0.3, 0.4) is 0 Å². The van der Waals surface area contributed by atoms with E-state index in [-0.39, 0.29) is 29.3 Å². The Morgan fingerprint density at radius 3 is 2.55 bits per heavy atom. The minimum absolute atomic E-state index is 0.165. The normalized spacial score (nSPS) is 14.8. The van der Waals surface area contributed by atoms with Crippen LogP contribution in [0.2, 0.25) is 0 Å². The number of hydrogen-bond donors (Lipinski definition) is 1. The summed E-state index contributed by atoms with van der Waals surface area (Å²) in [5.41, 5.74) is 1.58. The highest BCUT2D eigenvalue weighted by Gasteiger charge is 2.37. The summed E-state index contributed by atoms with van der Waals surface area (Å²) in [6.45, 7) is 5.02. The number of ether oxygens (including phenoxy) is 4. The molecule has 1 aromatic carbocycles. The van der Waals surface area contributed by atoms with E-state index in [4.69, 9.17) is 18.9 Å². The lowest BCUT2D eigenvalue weighted by Crippen LogP contribution is -2.13. The summed E-state index contributed by atoms with van der Waals surface area (Å²) in [5.74, 6) is -0.612. The third-order valence-corrected chi connectivity index (χ3v) is 5.82. The van der Waals surface area contributed by atoms with Crippen LogP contribution in [0.15, 0.2) is 12.1 Å². The number of thiophene rings is 1. The average Bonchev–Trinajstić information content (AvgIpc) is 3.18. The molecule has 0 unspecified atom stereocenters. The van der Waals surface area contributed by atoms with E-state index >= 15 is 0 Å². The zero-order chi connectivity index (χ0) is 21.3. The van der Waals surface area contributed by atoms with E-state index in [1.54, 1.807) is 26.0 Å². The number of benzene rings is 1. The molecule has 0 saturated heterocycles. The van der Waals surface area contributed by atoms with Gasteiger partial charge in [-0.05, 0) is 38.5 Å². The predicted molar refractivity (Wildman–Crippen MR) is 106 cm³/mol. The second kappa shape index (κ2) is 8.12. The lowest BCUT2D eigenvalue weighted by molar-refractivity contribution is 0.0435. The van der Waals surface area contributed by atoms with Crippen LogP contribution in [-0.2, 0) is 9.47 Å². The minimum atomic E-state index is -0.858. The molecule has 1 aliphatic heterocycles. The van der Waals surface area contributed by atoms with Crippen LogP contribution < -0.4 is 14.8 Å². The molecule has 0 amide bonds. The van der Waals surface area contributed by atoms with Crippen molar-refractivity contribution in [2.75, 3.05) is 26.1 Å². The Morgan fingerprint density at radius 2 is 1.97 bits per heavy atom. The van der Waals surface area contributed by atoms with Gasteiger partial charge in [-0.1, -0.05) is 0 Å². The van der Waals surface area contributed by atoms with E-state index in [2.05, 4.69) is 5.32 Å². The van der Waals surface area contributed by atoms with Crippen LogP contribution in [-0.4, -0.2) is 38.5 Å². The number of hydrogen-bond acceptors (Lipinski definition) is 9. The third-order valence-electron chi connectivity index (χ3n) is 4.50. The Morgan fingerprint density at radius 1 is 1.24 bits per heavy atom. The van der Waals surface area contributed by atoms with Gasteiger partial charge < -0.3 is 24.3 Å². The molecule has 0 spiro atoms. The number of carbonyl (C=O) groups excluding carboxylic acids is 3. The summed E-state index contributed by atoms with van der Waals surface area (Å²) >= 11 is 1.12. The Kier molecular flexibility index (Phi) is 5.78. The number of rotatable bonds is 7. The van der Waals surface area contributed by atoms with Crippen molar-refractivity contribution in [2.24, 2.45) is 0 Å². The SMILES string of the molecule is CCOC(=O)c1c(N[C@H]2OC(=O)c3c2ccc(OC)c3OC)sc(C(C)=O)c1C. The van der Waals surface area contributed by atoms with Crippen molar-refractivity contribution in [3.63, 3.8) is 0 Å². The Labute approximate surface area is 171 Å². The van der Waals surface area contributed by atoms with Gasteiger partial charge in [0, 0.05) is 5.56 Å². The topological polar surface area (TPSA) is 100 Å². The molecule has 154 valence electrons. The number of methoxy groups -OCH3 is 2. The second-order valence-electron chi connectivity index (χ2n) is 6.23. The van der Waals surface area contributed by atoms with Gasteiger partial charge in [-0.15, -0.1) is 11.3 Å². The molecule has 0 bridgehead atoms. The van der Waals surface area contributed by atoms with Gasteiger partial charge in [0.2, 0.25) is 6.23 Å².